The molecule has 0 saturated carbocycles. The molecule has 4 heteroatoms. The Labute approximate surface area is 119 Å². The third-order valence-electron chi connectivity index (χ3n) is 3.69. The van der Waals surface area contributed by atoms with Gasteiger partial charge in [-0.1, -0.05) is 12.1 Å². The Morgan fingerprint density at radius 2 is 2.11 bits per heavy atom. The van der Waals surface area contributed by atoms with Gasteiger partial charge in [-0.2, -0.15) is 11.8 Å². The van der Waals surface area contributed by atoms with Crippen molar-refractivity contribution in [3.8, 4) is 0 Å². The lowest BCUT2D eigenvalue weighted by molar-refractivity contribution is 0.0619. The summed E-state index contributed by atoms with van der Waals surface area (Å²) >= 11 is 1.79. The van der Waals surface area contributed by atoms with Gasteiger partial charge in [0.25, 0.3) is 5.91 Å². The number of thioether (sulfide) groups is 1. The maximum Gasteiger partial charge on any atom is 0.254 e. The number of nitrogens with zero attached hydrogens (tertiary/aromatic N) is 1. The van der Waals surface area contributed by atoms with Crippen LogP contribution in [-0.2, 0) is 5.75 Å². The van der Waals surface area contributed by atoms with Crippen LogP contribution in [0, 0.1) is 0 Å². The predicted octanol–water partition coefficient (Wildman–Crippen LogP) is 2.50. The third kappa shape index (κ3) is 3.51. The Morgan fingerprint density at radius 1 is 1.42 bits per heavy atom. The van der Waals surface area contributed by atoms with Crippen LogP contribution >= 0.6 is 11.8 Å². The van der Waals surface area contributed by atoms with Crippen molar-refractivity contribution in [2.45, 2.75) is 37.6 Å². The van der Waals surface area contributed by atoms with Crippen molar-refractivity contribution < 1.29 is 4.79 Å². The van der Waals surface area contributed by atoms with E-state index in [2.05, 4.69) is 13.2 Å². The summed E-state index contributed by atoms with van der Waals surface area (Å²) < 4.78 is 0. The number of carbonyl (C=O) groups is 1. The zero-order valence-electron chi connectivity index (χ0n) is 11.6. The number of likely N-dealkylation sites (tertiary alicyclic amines) is 1. The van der Waals surface area contributed by atoms with Gasteiger partial charge in [-0.25, -0.2) is 0 Å². The molecule has 0 bridgehead atoms. The molecular formula is C15H22N2OS. The molecule has 1 amide bonds. The van der Waals surface area contributed by atoms with Crippen molar-refractivity contribution in [3.63, 3.8) is 0 Å². The molecule has 2 atom stereocenters. The maximum atomic E-state index is 12.5. The van der Waals surface area contributed by atoms with Crippen molar-refractivity contribution in [3.05, 3.63) is 35.4 Å². The zero-order chi connectivity index (χ0) is 13.8. The number of hydrogen-bond acceptors (Lipinski definition) is 3. The predicted molar refractivity (Wildman–Crippen MR) is 81.4 cm³/mol. The van der Waals surface area contributed by atoms with Crippen molar-refractivity contribution in [2.24, 2.45) is 5.73 Å². The van der Waals surface area contributed by atoms with Gasteiger partial charge in [-0.3, -0.25) is 4.79 Å². The van der Waals surface area contributed by atoms with Gasteiger partial charge in [0.15, 0.2) is 0 Å². The van der Waals surface area contributed by atoms with E-state index in [1.54, 1.807) is 11.8 Å². The summed E-state index contributed by atoms with van der Waals surface area (Å²) in [7, 11) is 0. The highest BCUT2D eigenvalue weighted by Gasteiger charge is 2.27. The van der Waals surface area contributed by atoms with Crippen LogP contribution in [-0.4, -0.2) is 35.7 Å². The largest absolute Gasteiger partial charge is 0.336 e. The number of piperidine rings is 1. The smallest absolute Gasteiger partial charge is 0.254 e. The monoisotopic (exact) mass is 278 g/mol. The second kappa shape index (κ2) is 6.44. The summed E-state index contributed by atoms with van der Waals surface area (Å²) in [6, 6.07) is 8.45. The lowest BCUT2D eigenvalue weighted by atomic mass is 9.98. The fourth-order valence-corrected chi connectivity index (χ4v) is 3.11. The first kappa shape index (κ1) is 14.4. The number of carbonyl (C=O) groups excluding carboxylic acids is 1. The standard InChI is InChI=1S/C15H22N2OS/c1-11-9-14(16)7-8-17(11)15(18)13-5-3-12(4-6-13)10-19-2/h3-6,11,14H,7-10,16H2,1-2H3/t11-,14-/m1/s1. The molecule has 2 N–H and O–H groups in total. The minimum absolute atomic E-state index is 0.134. The summed E-state index contributed by atoms with van der Waals surface area (Å²) in [5, 5.41) is 0. The molecule has 0 unspecified atom stereocenters. The Hall–Kier alpha value is -1.00. The number of hydrogen-bond donors (Lipinski definition) is 1. The molecule has 3 nitrogen and oxygen atoms in total. The number of amides is 1. The summed E-state index contributed by atoms with van der Waals surface area (Å²) in [5.74, 6) is 1.12. The Morgan fingerprint density at radius 3 is 2.68 bits per heavy atom. The third-order valence-corrected chi connectivity index (χ3v) is 4.31. The van der Waals surface area contributed by atoms with Crippen LogP contribution in [0.4, 0.5) is 0 Å². The van der Waals surface area contributed by atoms with Crippen molar-refractivity contribution in [1.82, 2.24) is 4.90 Å². The van der Waals surface area contributed by atoms with E-state index in [9.17, 15) is 4.79 Å². The molecule has 0 spiro atoms. The van der Waals surface area contributed by atoms with E-state index in [1.165, 1.54) is 5.56 Å². The van der Waals surface area contributed by atoms with Crippen molar-refractivity contribution >= 4 is 17.7 Å². The molecule has 2 rings (SSSR count). The Balaban J connectivity index is 2.06. The highest BCUT2D eigenvalue weighted by atomic mass is 32.2. The highest BCUT2D eigenvalue weighted by molar-refractivity contribution is 7.97. The van der Waals surface area contributed by atoms with E-state index in [0.29, 0.717) is 0 Å². The van der Waals surface area contributed by atoms with Crippen molar-refractivity contribution in [1.29, 1.82) is 0 Å². The van der Waals surface area contributed by atoms with Gasteiger partial charge in [0.05, 0.1) is 0 Å². The molecular weight excluding hydrogens is 256 g/mol. The van der Waals surface area contributed by atoms with E-state index in [4.69, 9.17) is 5.73 Å². The van der Waals surface area contributed by atoms with Gasteiger partial charge in [0.2, 0.25) is 0 Å². The number of benzene rings is 1. The molecule has 0 radical (unpaired) electrons. The van der Waals surface area contributed by atoms with Gasteiger partial charge in [0.1, 0.15) is 0 Å². The summed E-state index contributed by atoms with van der Waals surface area (Å²) in [5.41, 5.74) is 7.99. The number of nitrogens with two attached hydrogens (primary N) is 1. The van der Waals surface area contributed by atoms with Gasteiger partial charge < -0.3 is 10.6 Å². The first-order chi connectivity index (χ1) is 9.11. The SMILES string of the molecule is CSCc1ccc(C(=O)N2CC[C@@H](N)C[C@H]2C)cc1. The van der Waals surface area contributed by atoms with E-state index in [-0.39, 0.29) is 18.0 Å². The molecule has 1 fully saturated rings. The Bertz CT molecular complexity index is 432. The molecule has 0 aliphatic carbocycles. The molecule has 1 heterocycles. The van der Waals surface area contributed by atoms with Gasteiger partial charge in [-0.05, 0) is 43.7 Å². The lowest BCUT2D eigenvalue weighted by Gasteiger charge is -2.36. The molecule has 1 aromatic rings. The highest BCUT2D eigenvalue weighted by Crippen LogP contribution is 2.19. The minimum Gasteiger partial charge on any atom is -0.336 e. The van der Waals surface area contributed by atoms with Crippen LogP contribution in [0.25, 0.3) is 0 Å². The van der Waals surface area contributed by atoms with Crippen LogP contribution in [0.3, 0.4) is 0 Å². The summed E-state index contributed by atoms with van der Waals surface area (Å²) in [4.78, 5) is 14.4. The maximum absolute atomic E-state index is 12.5. The minimum atomic E-state index is 0.134. The summed E-state index contributed by atoms with van der Waals surface area (Å²) in [6.45, 7) is 2.85. The van der Waals surface area contributed by atoms with E-state index in [0.717, 1.165) is 30.7 Å². The van der Waals surface area contributed by atoms with Crippen molar-refractivity contribution in [2.75, 3.05) is 12.8 Å². The van der Waals surface area contributed by atoms with Crippen LogP contribution in [0.1, 0.15) is 35.7 Å². The Kier molecular flexibility index (Phi) is 4.88. The normalized spacial score (nSPS) is 23.4. The second-order valence-electron chi connectivity index (χ2n) is 5.26. The second-order valence-corrected chi connectivity index (χ2v) is 6.13. The molecule has 1 aliphatic rings. The van der Waals surface area contributed by atoms with Gasteiger partial charge >= 0.3 is 0 Å². The molecule has 1 saturated heterocycles. The fourth-order valence-electron chi connectivity index (χ4n) is 2.59. The van der Waals surface area contributed by atoms with Gasteiger partial charge in [0, 0.05) is 29.9 Å². The zero-order valence-corrected chi connectivity index (χ0v) is 12.5. The van der Waals surface area contributed by atoms with Gasteiger partial charge in [-0.15, -0.1) is 0 Å². The molecule has 104 valence electrons. The van der Waals surface area contributed by atoms with E-state index < -0.39 is 0 Å². The van der Waals surface area contributed by atoms with Crippen LogP contribution in [0.5, 0.6) is 0 Å². The molecule has 19 heavy (non-hydrogen) atoms. The first-order valence-corrected chi connectivity index (χ1v) is 8.15. The fraction of sp³-hybridized carbons (Fsp3) is 0.533. The lowest BCUT2D eigenvalue weighted by Crippen LogP contribution is -2.48. The average Bonchev–Trinajstić information content (AvgIpc) is 2.39. The van der Waals surface area contributed by atoms with E-state index >= 15 is 0 Å². The first-order valence-electron chi connectivity index (χ1n) is 6.76. The van der Waals surface area contributed by atoms with Crippen LogP contribution < -0.4 is 5.73 Å². The molecule has 0 aromatic heterocycles. The number of rotatable bonds is 3. The van der Waals surface area contributed by atoms with Crippen LogP contribution in [0.2, 0.25) is 0 Å². The topological polar surface area (TPSA) is 46.3 Å². The molecule has 1 aliphatic heterocycles. The quantitative estimate of drug-likeness (QED) is 0.924. The van der Waals surface area contributed by atoms with Crippen LogP contribution in [0.15, 0.2) is 24.3 Å². The average molecular weight is 278 g/mol. The van der Waals surface area contributed by atoms with E-state index in [1.807, 2.05) is 29.2 Å². The summed E-state index contributed by atoms with van der Waals surface area (Å²) in [6.07, 6.45) is 3.88. The molecule has 1 aromatic carbocycles.